The Balaban J connectivity index is 2.07. The molecule has 1 aromatic rings. The van der Waals surface area contributed by atoms with Gasteiger partial charge in [-0.2, -0.15) is 0 Å². The van der Waals surface area contributed by atoms with Crippen molar-refractivity contribution < 1.29 is 0 Å². The van der Waals surface area contributed by atoms with Crippen LogP contribution in [-0.4, -0.2) is 16.5 Å². The van der Waals surface area contributed by atoms with E-state index < -0.39 is 0 Å². The topological polar surface area (TPSA) is 12.4 Å². The smallest absolute Gasteiger partial charge is 0.0629 e. The Hall–Kier alpha value is -1.02. The highest BCUT2D eigenvalue weighted by atomic mass is 32.2. The van der Waals surface area contributed by atoms with Gasteiger partial charge in [-0.05, 0) is 30.7 Å². The molecular weight excluding hydrogens is 226 g/mol. The third-order valence-electron chi connectivity index (χ3n) is 3.77. The summed E-state index contributed by atoms with van der Waals surface area (Å²) in [6.45, 7) is 8.67. The maximum Gasteiger partial charge on any atom is 0.0629 e. The second kappa shape index (κ2) is 3.74. The molecule has 1 nitrogen and oxygen atoms in total. The molecule has 1 saturated heterocycles. The number of hydrogen-bond donors (Lipinski definition) is 0. The van der Waals surface area contributed by atoms with Crippen molar-refractivity contribution in [3.05, 3.63) is 47.4 Å². The van der Waals surface area contributed by atoms with E-state index in [0.29, 0.717) is 11.2 Å². The molecule has 0 spiro atoms. The first-order valence-electron chi connectivity index (χ1n) is 6.08. The predicted octanol–water partition coefficient (Wildman–Crippen LogP) is 3.90. The van der Waals surface area contributed by atoms with Crippen LogP contribution in [-0.2, 0) is 0 Å². The van der Waals surface area contributed by atoms with Crippen LogP contribution >= 0.6 is 11.8 Å². The first-order chi connectivity index (χ1) is 8.08. The summed E-state index contributed by atoms with van der Waals surface area (Å²) in [5, 5.41) is 0.517. The maximum absolute atomic E-state index is 4.99. The molecule has 1 fully saturated rings. The summed E-state index contributed by atoms with van der Waals surface area (Å²) in [6.07, 6.45) is 1.20. The second-order valence-electron chi connectivity index (χ2n) is 5.38. The van der Waals surface area contributed by atoms with Gasteiger partial charge in [0, 0.05) is 5.92 Å². The standard InChI is InChI=1S/C15H17NS/c1-10-12-9-13(17-10)14(16-15(12,2)3)11-7-5-4-6-8-11/h4-8,12-13H,1,9H2,2-3H3. The Morgan fingerprint density at radius 3 is 2.71 bits per heavy atom. The van der Waals surface area contributed by atoms with Crippen molar-refractivity contribution in [1.29, 1.82) is 0 Å². The minimum absolute atomic E-state index is 0.00224. The first kappa shape index (κ1) is 11.1. The molecule has 2 bridgehead atoms. The van der Waals surface area contributed by atoms with E-state index in [-0.39, 0.29) is 5.54 Å². The molecule has 0 saturated carbocycles. The van der Waals surface area contributed by atoms with Crippen molar-refractivity contribution >= 4 is 17.5 Å². The summed E-state index contributed by atoms with van der Waals surface area (Å²) in [6, 6.07) is 10.6. The van der Waals surface area contributed by atoms with E-state index >= 15 is 0 Å². The number of aliphatic imine (C=N–C) groups is 1. The Kier molecular flexibility index (Phi) is 2.44. The molecule has 0 amide bonds. The summed E-state index contributed by atoms with van der Waals surface area (Å²) in [4.78, 5) is 6.31. The Morgan fingerprint density at radius 2 is 2.00 bits per heavy atom. The molecule has 2 aliphatic heterocycles. The van der Waals surface area contributed by atoms with Gasteiger partial charge in [-0.15, -0.1) is 11.8 Å². The number of hydrogen-bond acceptors (Lipinski definition) is 2. The molecule has 2 unspecified atom stereocenters. The lowest BCUT2D eigenvalue weighted by Crippen LogP contribution is -2.36. The van der Waals surface area contributed by atoms with Gasteiger partial charge in [-0.25, -0.2) is 0 Å². The van der Waals surface area contributed by atoms with Gasteiger partial charge in [-0.3, -0.25) is 4.99 Å². The van der Waals surface area contributed by atoms with Crippen LogP contribution in [0.25, 0.3) is 0 Å². The molecule has 0 aliphatic carbocycles. The lowest BCUT2D eigenvalue weighted by Gasteiger charge is -2.33. The third-order valence-corrected chi connectivity index (χ3v) is 5.06. The van der Waals surface area contributed by atoms with Gasteiger partial charge in [0.25, 0.3) is 0 Å². The zero-order valence-electron chi connectivity index (χ0n) is 10.3. The number of rotatable bonds is 1. The molecule has 3 rings (SSSR count). The van der Waals surface area contributed by atoms with Crippen molar-refractivity contribution in [2.75, 3.05) is 0 Å². The predicted molar refractivity (Wildman–Crippen MR) is 75.7 cm³/mol. The van der Waals surface area contributed by atoms with Gasteiger partial charge in [-0.1, -0.05) is 36.9 Å². The van der Waals surface area contributed by atoms with E-state index in [0.717, 1.165) is 0 Å². The monoisotopic (exact) mass is 243 g/mol. The van der Waals surface area contributed by atoms with Gasteiger partial charge in [0.1, 0.15) is 0 Å². The summed E-state index contributed by atoms with van der Waals surface area (Å²) < 4.78 is 0. The zero-order chi connectivity index (χ0) is 12.0. The van der Waals surface area contributed by atoms with Crippen LogP contribution in [0.2, 0.25) is 0 Å². The molecule has 17 heavy (non-hydrogen) atoms. The van der Waals surface area contributed by atoms with Gasteiger partial charge in [0.05, 0.1) is 16.5 Å². The van der Waals surface area contributed by atoms with E-state index in [1.165, 1.54) is 22.6 Å². The highest BCUT2D eigenvalue weighted by molar-refractivity contribution is 8.04. The second-order valence-corrected chi connectivity index (χ2v) is 6.71. The highest BCUT2D eigenvalue weighted by Crippen LogP contribution is 2.51. The molecule has 0 radical (unpaired) electrons. The molecule has 2 atom stereocenters. The minimum Gasteiger partial charge on any atom is -0.281 e. The molecule has 1 aromatic carbocycles. The Morgan fingerprint density at radius 1 is 1.29 bits per heavy atom. The van der Waals surface area contributed by atoms with Crippen molar-refractivity contribution in [1.82, 2.24) is 0 Å². The largest absolute Gasteiger partial charge is 0.281 e. The van der Waals surface area contributed by atoms with Crippen LogP contribution < -0.4 is 0 Å². The van der Waals surface area contributed by atoms with E-state index in [9.17, 15) is 0 Å². The zero-order valence-corrected chi connectivity index (χ0v) is 11.1. The fourth-order valence-corrected chi connectivity index (χ4v) is 4.33. The van der Waals surface area contributed by atoms with Crippen LogP contribution in [0.5, 0.6) is 0 Å². The summed E-state index contributed by atoms with van der Waals surface area (Å²) in [7, 11) is 0. The van der Waals surface area contributed by atoms with Gasteiger partial charge < -0.3 is 0 Å². The van der Waals surface area contributed by atoms with Gasteiger partial charge in [0.2, 0.25) is 0 Å². The molecule has 88 valence electrons. The van der Waals surface area contributed by atoms with Crippen molar-refractivity contribution in [3.63, 3.8) is 0 Å². The lowest BCUT2D eigenvalue weighted by atomic mass is 9.80. The fraction of sp³-hybridized carbons (Fsp3) is 0.400. The van der Waals surface area contributed by atoms with Gasteiger partial charge >= 0.3 is 0 Å². The number of fused-ring (bicyclic) bond motifs is 2. The van der Waals surface area contributed by atoms with Crippen LogP contribution in [0, 0.1) is 5.92 Å². The van der Waals surface area contributed by atoms with E-state index in [1.54, 1.807) is 0 Å². The van der Waals surface area contributed by atoms with Crippen LogP contribution in [0.4, 0.5) is 0 Å². The summed E-state index contributed by atoms with van der Waals surface area (Å²) >= 11 is 1.92. The first-order valence-corrected chi connectivity index (χ1v) is 6.96. The number of thioether (sulfide) groups is 1. The summed E-state index contributed by atoms with van der Waals surface area (Å²) in [5.41, 5.74) is 2.53. The average Bonchev–Trinajstić information content (AvgIpc) is 2.66. The van der Waals surface area contributed by atoms with Gasteiger partial charge in [0.15, 0.2) is 0 Å². The maximum atomic E-state index is 4.99. The molecular formula is C15H17NS. The van der Waals surface area contributed by atoms with E-state index in [1.807, 2.05) is 11.8 Å². The number of benzene rings is 1. The van der Waals surface area contributed by atoms with Crippen LogP contribution in [0.15, 0.2) is 46.8 Å². The number of nitrogens with zero attached hydrogens (tertiary/aromatic N) is 1. The molecule has 2 heteroatoms. The fourth-order valence-electron chi connectivity index (χ4n) is 2.83. The quantitative estimate of drug-likeness (QED) is 0.728. The van der Waals surface area contributed by atoms with Crippen molar-refractivity contribution in [2.24, 2.45) is 10.9 Å². The average molecular weight is 243 g/mol. The highest BCUT2D eigenvalue weighted by Gasteiger charge is 2.45. The summed E-state index contributed by atoms with van der Waals surface area (Å²) in [5.74, 6) is 0.546. The van der Waals surface area contributed by atoms with E-state index in [2.05, 4.69) is 50.8 Å². The SMILES string of the molecule is C=C1SC2CC1C(C)(C)N=C2c1ccccc1. The Bertz CT molecular complexity index is 487. The molecule has 0 aromatic heterocycles. The van der Waals surface area contributed by atoms with Crippen molar-refractivity contribution in [3.8, 4) is 0 Å². The van der Waals surface area contributed by atoms with Crippen LogP contribution in [0.3, 0.4) is 0 Å². The molecule has 0 N–H and O–H groups in total. The van der Waals surface area contributed by atoms with E-state index in [4.69, 9.17) is 4.99 Å². The normalized spacial score (nSPS) is 30.2. The van der Waals surface area contributed by atoms with Crippen LogP contribution in [0.1, 0.15) is 25.8 Å². The van der Waals surface area contributed by atoms with Crippen molar-refractivity contribution in [2.45, 2.75) is 31.1 Å². The molecule has 2 heterocycles. The Labute approximate surface area is 107 Å². The molecule has 2 aliphatic rings. The lowest BCUT2D eigenvalue weighted by molar-refractivity contribution is 0.362. The third kappa shape index (κ3) is 1.75. The minimum atomic E-state index is 0.00224.